The van der Waals surface area contributed by atoms with Gasteiger partial charge < -0.3 is 10.2 Å². The van der Waals surface area contributed by atoms with Gasteiger partial charge in [-0.15, -0.1) is 23.2 Å². The van der Waals surface area contributed by atoms with Gasteiger partial charge in [0.25, 0.3) is 0 Å². The highest BCUT2D eigenvalue weighted by molar-refractivity contribution is 6.74. The highest BCUT2D eigenvalue weighted by Gasteiger charge is 2.83. The van der Waals surface area contributed by atoms with E-state index in [0.717, 1.165) is 0 Å². The van der Waals surface area contributed by atoms with Crippen molar-refractivity contribution in [1.82, 2.24) is 0 Å². The summed E-state index contributed by atoms with van der Waals surface area (Å²) in [5.74, 6) is -0.168. The summed E-state index contributed by atoms with van der Waals surface area (Å²) in [6, 6.07) is 4.57. The van der Waals surface area contributed by atoms with Gasteiger partial charge in [-0.25, -0.2) is 0 Å². The fraction of sp³-hybridized carbons (Fsp3) is 0.429. The molecule has 0 amide bonds. The summed E-state index contributed by atoms with van der Waals surface area (Å²) in [4.78, 5) is -2.06. The molecular weight excluding hydrogens is 519 g/mol. The number of aromatic hydroxyl groups is 1. The molecule has 138 valence electrons. The molecule has 3 unspecified atom stereocenters. The van der Waals surface area contributed by atoms with E-state index in [0.29, 0.717) is 5.56 Å². The van der Waals surface area contributed by atoms with Crippen molar-refractivity contribution in [2.24, 2.45) is 0 Å². The molecule has 2 nitrogen and oxygen atoms in total. The standard InChI is InChI=1S/C14H7Cl9O2/c15-9-8-5(2-1-3-6(8)24)4-7-10(9,16)12(18,19)14(22,23)13(20,21)11(7,17)25/h1-4,9,24-25H. The second kappa shape index (κ2) is 5.92. The van der Waals surface area contributed by atoms with E-state index in [9.17, 15) is 10.2 Å². The number of phenolic OH excluding ortho intramolecular Hbond substituents is 1. The number of rotatable bonds is 0. The summed E-state index contributed by atoms with van der Waals surface area (Å²) in [5.41, 5.74) is 0.422. The van der Waals surface area contributed by atoms with Crippen LogP contribution >= 0.6 is 104 Å². The van der Waals surface area contributed by atoms with Gasteiger partial charge in [0, 0.05) is 11.1 Å². The predicted octanol–water partition coefficient (Wildman–Crippen LogP) is 6.51. The molecule has 0 saturated heterocycles. The third-order valence-electron chi connectivity index (χ3n) is 4.43. The molecule has 1 aromatic rings. The molecule has 0 aliphatic heterocycles. The summed E-state index contributed by atoms with van der Waals surface area (Å²) < 4.78 is -7.26. The van der Waals surface area contributed by atoms with Crippen molar-refractivity contribution in [2.75, 3.05) is 0 Å². The number of hydrogen-bond acceptors (Lipinski definition) is 2. The molecule has 1 saturated carbocycles. The normalized spacial score (nSPS) is 37.7. The van der Waals surface area contributed by atoms with Crippen LogP contribution in [0.4, 0.5) is 0 Å². The van der Waals surface area contributed by atoms with Crippen molar-refractivity contribution in [3.05, 3.63) is 34.9 Å². The van der Waals surface area contributed by atoms with Gasteiger partial charge in [-0.2, -0.15) is 0 Å². The molecular formula is C14H7Cl9O2. The molecule has 1 aromatic carbocycles. The van der Waals surface area contributed by atoms with E-state index in [-0.39, 0.29) is 16.9 Å². The van der Waals surface area contributed by atoms with Crippen LogP contribution in [0.15, 0.2) is 23.8 Å². The van der Waals surface area contributed by atoms with Gasteiger partial charge in [0.05, 0.1) is 5.38 Å². The van der Waals surface area contributed by atoms with Gasteiger partial charge >= 0.3 is 0 Å². The topological polar surface area (TPSA) is 40.5 Å². The molecule has 25 heavy (non-hydrogen) atoms. The van der Waals surface area contributed by atoms with E-state index in [1.807, 2.05) is 0 Å². The Morgan fingerprint density at radius 3 is 1.96 bits per heavy atom. The summed E-state index contributed by atoms with van der Waals surface area (Å²) >= 11 is 57.2. The third-order valence-corrected chi connectivity index (χ3v) is 10.9. The van der Waals surface area contributed by atoms with Crippen molar-refractivity contribution in [2.45, 2.75) is 28.3 Å². The van der Waals surface area contributed by atoms with E-state index in [1.54, 1.807) is 12.1 Å². The molecule has 11 heteroatoms. The molecule has 2 N–H and O–H groups in total. The smallest absolute Gasteiger partial charge is 0.200 e. The van der Waals surface area contributed by atoms with Gasteiger partial charge in [0.2, 0.25) is 0 Å². The zero-order valence-electron chi connectivity index (χ0n) is 11.7. The fourth-order valence-corrected chi connectivity index (χ4v) is 6.65. The molecule has 0 heterocycles. The molecule has 0 radical (unpaired) electrons. The first-order valence-corrected chi connectivity index (χ1v) is 10.0. The van der Waals surface area contributed by atoms with Crippen LogP contribution in [0.2, 0.25) is 0 Å². The zero-order valence-corrected chi connectivity index (χ0v) is 18.5. The quantitative estimate of drug-likeness (QED) is 0.379. The minimum absolute atomic E-state index is 0.168. The highest BCUT2D eigenvalue weighted by atomic mass is 35.5. The van der Waals surface area contributed by atoms with Crippen molar-refractivity contribution in [3.63, 3.8) is 0 Å². The first kappa shape index (κ1) is 21.0. The molecule has 0 bridgehead atoms. The van der Waals surface area contributed by atoms with Gasteiger partial charge in [-0.1, -0.05) is 93.3 Å². The largest absolute Gasteiger partial charge is 0.508 e. The highest BCUT2D eigenvalue weighted by Crippen LogP contribution is 2.75. The van der Waals surface area contributed by atoms with Crippen LogP contribution in [-0.2, 0) is 0 Å². The van der Waals surface area contributed by atoms with Gasteiger partial charge in [0.1, 0.15) is 10.6 Å². The number of halogens is 9. The lowest BCUT2D eigenvalue weighted by Crippen LogP contribution is -2.75. The van der Waals surface area contributed by atoms with Gasteiger partial charge in [0.15, 0.2) is 18.1 Å². The molecule has 0 spiro atoms. The number of aliphatic hydroxyl groups is 1. The Balaban J connectivity index is 2.45. The van der Waals surface area contributed by atoms with Crippen molar-refractivity contribution >= 4 is 110 Å². The average molecular weight is 526 g/mol. The van der Waals surface area contributed by atoms with E-state index < -0.39 is 28.3 Å². The van der Waals surface area contributed by atoms with Gasteiger partial charge in [-0.3, -0.25) is 0 Å². The number of phenols is 1. The van der Waals surface area contributed by atoms with E-state index >= 15 is 0 Å². The molecule has 1 fully saturated rings. The predicted molar refractivity (Wildman–Crippen MR) is 107 cm³/mol. The maximum atomic E-state index is 10.9. The summed E-state index contributed by atoms with van der Waals surface area (Å²) in [6.45, 7) is 0. The Kier molecular flexibility index (Phi) is 4.98. The SMILES string of the molecule is Oc1cccc2c1C(Cl)C1(Cl)C(=C2)C(O)(Cl)C(Cl)(Cl)C(Cl)(Cl)C1(Cl)Cl. The van der Waals surface area contributed by atoms with Crippen LogP contribution < -0.4 is 0 Å². The monoisotopic (exact) mass is 522 g/mol. The minimum Gasteiger partial charge on any atom is -0.508 e. The van der Waals surface area contributed by atoms with Crippen LogP contribution in [0.25, 0.3) is 6.08 Å². The Bertz CT molecular complexity index is 787. The van der Waals surface area contributed by atoms with Crippen LogP contribution in [0, 0.1) is 0 Å². The summed E-state index contributed by atoms with van der Waals surface area (Å²) in [5, 5.41) is 17.2. The van der Waals surface area contributed by atoms with Gasteiger partial charge in [-0.05, 0) is 17.7 Å². The first-order chi connectivity index (χ1) is 11.2. The number of alkyl halides is 9. The number of benzene rings is 1. The zero-order chi connectivity index (χ0) is 19.2. The van der Waals surface area contributed by atoms with Crippen LogP contribution in [-0.4, -0.2) is 33.1 Å². The van der Waals surface area contributed by atoms with Crippen molar-refractivity contribution in [1.29, 1.82) is 0 Å². The lowest BCUT2D eigenvalue weighted by molar-refractivity contribution is 0.104. The lowest BCUT2D eigenvalue weighted by atomic mass is 9.71. The second-order valence-electron chi connectivity index (χ2n) is 5.76. The summed E-state index contributed by atoms with van der Waals surface area (Å²) in [7, 11) is 0. The molecule has 3 rings (SSSR count). The number of fused-ring (bicyclic) bond motifs is 2. The lowest BCUT2D eigenvalue weighted by Gasteiger charge is -2.61. The molecule has 3 atom stereocenters. The molecule has 2 aliphatic carbocycles. The maximum Gasteiger partial charge on any atom is 0.200 e. The third kappa shape index (κ3) is 2.31. The van der Waals surface area contributed by atoms with Crippen molar-refractivity contribution < 1.29 is 10.2 Å². The van der Waals surface area contributed by atoms with Crippen LogP contribution in [0.5, 0.6) is 5.75 Å². The Morgan fingerprint density at radius 1 is 0.840 bits per heavy atom. The van der Waals surface area contributed by atoms with E-state index in [4.69, 9.17) is 104 Å². The minimum atomic E-state index is -2.58. The maximum absolute atomic E-state index is 10.9. The molecule has 0 aromatic heterocycles. The second-order valence-corrected chi connectivity index (χ2v) is 11.3. The first-order valence-electron chi connectivity index (χ1n) is 6.58. The molecule has 2 aliphatic rings. The average Bonchev–Trinajstić information content (AvgIpc) is 2.48. The van der Waals surface area contributed by atoms with E-state index in [2.05, 4.69) is 0 Å². The summed E-state index contributed by atoms with van der Waals surface area (Å²) in [6.07, 6.45) is 1.34. The fourth-order valence-electron chi connectivity index (χ4n) is 3.04. The Morgan fingerprint density at radius 2 is 1.40 bits per heavy atom. The van der Waals surface area contributed by atoms with Crippen LogP contribution in [0.3, 0.4) is 0 Å². The van der Waals surface area contributed by atoms with Crippen molar-refractivity contribution in [3.8, 4) is 5.75 Å². The van der Waals surface area contributed by atoms with E-state index in [1.165, 1.54) is 12.1 Å². The number of hydrogen-bond donors (Lipinski definition) is 2. The Labute approximate surface area is 188 Å². The Hall–Kier alpha value is 1.33. The van der Waals surface area contributed by atoms with Crippen LogP contribution in [0.1, 0.15) is 16.5 Å².